The Bertz CT molecular complexity index is 1470. The molecule has 0 saturated carbocycles. The van der Waals surface area contributed by atoms with Gasteiger partial charge in [0.2, 0.25) is 5.95 Å². The second kappa shape index (κ2) is 9.44. The minimum atomic E-state index is -3.01. The van der Waals surface area contributed by atoms with Gasteiger partial charge in [0.25, 0.3) is 17.9 Å². The molecule has 0 aliphatic heterocycles. The number of alkyl halides is 2. The number of halogens is 4. The van der Waals surface area contributed by atoms with E-state index in [1.807, 2.05) is 0 Å². The van der Waals surface area contributed by atoms with E-state index in [1.54, 1.807) is 7.05 Å². The van der Waals surface area contributed by atoms with Crippen LogP contribution in [-0.4, -0.2) is 35.7 Å². The van der Waals surface area contributed by atoms with E-state index < -0.39 is 41.3 Å². The summed E-state index contributed by atoms with van der Waals surface area (Å²) in [4.78, 5) is 28.8. The standard InChI is InChI=1S/C22H17F4N7O2/c1-11(13-4-3-5-14(19(13)23)20(24)25)29-22(35)16-6-7-18(34)33(30-16)12-8-15(21(26)27-9-12)17-10-28-31-32(17)2/h3-11,20H,1-2H3,(H,29,35)/t11-/m1/s1. The van der Waals surface area contributed by atoms with E-state index in [0.717, 1.165) is 29.1 Å². The minimum absolute atomic E-state index is 0.00145. The van der Waals surface area contributed by atoms with Gasteiger partial charge in [0.1, 0.15) is 11.5 Å². The lowest BCUT2D eigenvalue weighted by Gasteiger charge is -2.17. The van der Waals surface area contributed by atoms with E-state index in [4.69, 9.17) is 0 Å². The molecular weight excluding hydrogens is 470 g/mol. The lowest BCUT2D eigenvalue weighted by molar-refractivity contribution is 0.0932. The highest BCUT2D eigenvalue weighted by atomic mass is 19.3. The van der Waals surface area contributed by atoms with E-state index >= 15 is 0 Å². The van der Waals surface area contributed by atoms with Crippen molar-refractivity contribution in [1.82, 2.24) is 35.1 Å². The first kappa shape index (κ1) is 23.7. The number of aryl methyl sites for hydroxylation is 1. The van der Waals surface area contributed by atoms with Gasteiger partial charge in [-0.25, -0.2) is 22.8 Å². The summed E-state index contributed by atoms with van der Waals surface area (Å²) >= 11 is 0. The van der Waals surface area contributed by atoms with Crippen LogP contribution in [-0.2, 0) is 7.05 Å². The highest BCUT2D eigenvalue weighted by Crippen LogP contribution is 2.27. The summed E-state index contributed by atoms with van der Waals surface area (Å²) in [7, 11) is 1.55. The summed E-state index contributed by atoms with van der Waals surface area (Å²) < 4.78 is 56.9. The SMILES string of the molecule is C[C@@H](NC(=O)c1ccc(=O)n(-c2cnc(F)c(-c3cnnn3C)c2)n1)c1cccc(C(F)F)c1F. The maximum absolute atomic E-state index is 14.4. The molecule has 4 aromatic rings. The lowest BCUT2D eigenvalue weighted by atomic mass is 10.0. The second-order valence-electron chi connectivity index (χ2n) is 7.49. The van der Waals surface area contributed by atoms with Crippen LogP contribution >= 0.6 is 0 Å². The molecule has 4 rings (SSSR count). The molecule has 1 amide bonds. The second-order valence-corrected chi connectivity index (χ2v) is 7.49. The predicted molar refractivity (Wildman–Crippen MR) is 115 cm³/mol. The van der Waals surface area contributed by atoms with Crippen molar-refractivity contribution in [3.05, 3.63) is 87.7 Å². The topological polar surface area (TPSA) is 108 Å². The number of benzene rings is 1. The van der Waals surface area contributed by atoms with Gasteiger partial charge in [-0.15, -0.1) is 5.10 Å². The van der Waals surface area contributed by atoms with Gasteiger partial charge in [-0.3, -0.25) is 9.59 Å². The van der Waals surface area contributed by atoms with Crippen molar-refractivity contribution in [3.8, 4) is 16.9 Å². The zero-order valence-corrected chi connectivity index (χ0v) is 18.3. The Morgan fingerprint density at radius 2 is 1.83 bits per heavy atom. The van der Waals surface area contributed by atoms with Gasteiger partial charge in [0, 0.05) is 18.7 Å². The molecule has 3 heterocycles. The third kappa shape index (κ3) is 4.65. The molecule has 1 atom stereocenters. The number of aromatic nitrogens is 6. The molecule has 0 aliphatic rings. The molecule has 0 spiro atoms. The average molecular weight is 487 g/mol. The summed E-state index contributed by atoms with van der Waals surface area (Å²) in [6.45, 7) is 1.42. The number of nitrogens with one attached hydrogen (secondary N) is 1. The van der Waals surface area contributed by atoms with E-state index in [0.29, 0.717) is 5.69 Å². The van der Waals surface area contributed by atoms with Gasteiger partial charge in [-0.2, -0.15) is 14.2 Å². The molecule has 0 radical (unpaired) electrons. The van der Waals surface area contributed by atoms with Crippen molar-refractivity contribution in [2.75, 3.05) is 0 Å². The highest BCUT2D eigenvalue weighted by Gasteiger charge is 2.22. The first-order valence-electron chi connectivity index (χ1n) is 10.2. The molecule has 0 saturated heterocycles. The smallest absolute Gasteiger partial charge is 0.272 e. The summed E-state index contributed by atoms with van der Waals surface area (Å²) in [6.07, 6.45) is -0.639. The maximum Gasteiger partial charge on any atom is 0.272 e. The first-order chi connectivity index (χ1) is 16.7. The first-order valence-corrected chi connectivity index (χ1v) is 10.2. The monoisotopic (exact) mass is 487 g/mol. The molecule has 0 unspecified atom stereocenters. The third-order valence-electron chi connectivity index (χ3n) is 5.20. The van der Waals surface area contributed by atoms with Gasteiger partial charge >= 0.3 is 0 Å². The highest BCUT2D eigenvalue weighted by molar-refractivity contribution is 5.92. The molecule has 1 aromatic carbocycles. The zero-order chi connectivity index (χ0) is 25.3. The van der Waals surface area contributed by atoms with Gasteiger partial charge in [-0.1, -0.05) is 23.4 Å². The summed E-state index contributed by atoms with van der Waals surface area (Å²) in [5.74, 6) is -2.75. The fourth-order valence-electron chi connectivity index (χ4n) is 3.40. The normalized spacial score (nSPS) is 12.1. The average Bonchev–Trinajstić information content (AvgIpc) is 3.25. The molecule has 35 heavy (non-hydrogen) atoms. The van der Waals surface area contributed by atoms with E-state index in [2.05, 4.69) is 25.7 Å². The Morgan fingerprint density at radius 1 is 1.09 bits per heavy atom. The Balaban J connectivity index is 1.64. The van der Waals surface area contributed by atoms with Gasteiger partial charge in [0.05, 0.1) is 40.9 Å². The number of rotatable bonds is 6. The Morgan fingerprint density at radius 3 is 2.51 bits per heavy atom. The van der Waals surface area contributed by atoms with Crippen LogP contribution in [0.5, 0.6) is 0 Å². The van der Waals surface area contributed by atoms with Crippen molar-refractivity contribution in [1.29, 1.82) is 0 Å². The fourth-order valence-corrected chi connectivity index (χ4v) is 3.40. The minimum Gasteiger partial charge on any atom is -0.344 e. The van der Waals surface area contributed by atoms with Crippen LogP contribution in [0.15, 0.2) is 53.6 Å². The Hall–Kier alpha value is -4.42. The van der Waals surface area contributed by atoms with Gasteiger partial charge in [0.15, 0.2) is 0 Å². The number of hydrogen-bond acceptors (Lipinski definition) is 6. The molecule has 3 aromatic heterocycles. The van der Waals surface area contributed by atoms with Crippen LogP contribution in [0.4, 0.5) is 17.6 Å². The van der Waals surface area contributed by atoms with Crippen molar-refractivity contribution in [2.24, 2.45) is 7.05 Å². The van der Waals surface area contributed by atoms with Crippen LogP contribution in [0.1, 0.15) is 41.0 Å². The number of carbonyl (C=O) groups excluding carboxylic acids is 1. The number of hydrogen-bond donors (Lipinski definition) is 1. The lowest BCUT2D eigenvalue weighted by Crippen LogP contribution is -2.31. The predicted octanol–water partition coefficient (Wildman–Crippen LogP) is 3.13. The molecule has 0 fully saturated rings. The number of carbonyl (C=O) groups is 1. The summed E-state index contributed by atoms with van der Waals surface area (Å²) in [6, 6.07) is 6.03. The maximum atomic E-state index is 14.4. The molecule has 1 N–H and O–H groups in total. The third-order valence-corrected chi connectivity index (χ3v) is 5.20. The van der Waals surface area contributed by atoms with Crippen LogP contribution in [0.2, 0.25) is 0 Å². The zero-order valence-electron chi connectivity index (χ0n) is 18.3. The van der Waals surface area contributed by atoms with Crippen molar-refractivity contribution < 1.29 is 22.4 Å². The van der Waals surface area contributed by atoms with Crippen LogP contribution < -0.4 is 10.9 Å². The van der Waals surface area contributed by atoms with E-state index in [1.165, 1.54) is 36.0 Å². The fraction of sp³-hybridized carbons (Fsp3) is 0.182. The van der Waals surface area contributed by atoms with Crippen molar-refractivity contribution in [3.63, 3.8) is 0 Å². The van der Waals surface area contributed by atoms with Crippen molar-refractivity contribution >= 4 is 5.91 Å². The van der Waals surface area contributed by atoms with Crippen LogP contribution in [0.25, 0.3) is 16.9 Å². The molecule has 0 bridgehead atoms. The van der Waals surface area contributed by atoms with E-state index in [-0.39, 0.29) is 22.5 Å². The van der Waals surface area contributed by atoms with Crippen LogP contribution in [0, 0.1) is 11.8 Å². The number of nitrogens with zero attached hydrogens (tertiary/aromatic N) is 6. The largest absolute Gasteiger partial charge is 0.344 e. The number of amides is 1. The van der Waals surface area contributed by atoms with Gasteiger partial charge < -0.3 is 5.32 Å². The molecule has 0 aliphatic carbocycles. The quantitative estimate of drug-likeness (QED) is 0.331. The summed E-state index contributed by atoms with van der Waals surface area (Å²) in [5.41, 5.74) is -1.42. The van der Waals surface area contributed by atoms with Crippen molar-refractivity contribution in [2.45, 2.75) is 19.4 Å². The Labute approximate surface area is 195 Å². The number of pyridine rings is 1. The summed E-state index contributed by atoms with van der Waals surface area (Å²) in [5, 5.41) is 13.9. The molecule has 180 valence electrons. The molecule has 13 heteroatoms. The van der Waals surface area contributed by atoms with Crippen LogP contribution in [0.3, 0.4) is 0 Å². The Kier molecular flexibility index (Phi) is 6.40. The molecular formula is C22H17F4N7O2. The van der Waals surface area contributed by atoms with E-state index in [9.17, 15) is 27.2 Å². The van der Waals surface area contributed by atoms with Gasteiger partial charge in [-0.05, 0) is 19.1 Å². The molecule has 9 nitrogen and oxygen atoms in total.